The van der Waals surface area contributed by atoms with Gasteiger partial charge in [-0.25, -0.2) is 9.97 Å². The summed E-state index contributed by atoms with van der Waals surface area (Å²) in [6.45, 7) is 5.20. The molecule has 6 heteroatoms. The van der Waals surface area contributed by atoms with E-state index in [0.29, 0.717) is 17.3 Å². The Morgan fingerprint density at radius 1 is 0.848 bits per heavy atom. The minimum Gasteiger partial charge on any atom is -0.497 e. The average molecular weight is 441 g/mol. The van der Waals surface area contributed by atoms with Crippen molar-refractivity contribution in [3.05, 3.63) is 78.5 Å². The molecule has 0 bridgehead atoms. The lowest BCUT2D eigenvalue weighted by Crippen LogP contribution is -2.45. The molecule has 0 amide bonds. The molecule has 33 heavy (non-hydrogen) atoms. The van der Waals surface area contributed by atoms with Crippen LogP contribution in [0.15, 0.2) is 72.9 Å². The molecule has 6 nitrogen and oxygen atoms in total. The number of fused-ring (bicyclic) bond motifs is 1. The van der Waals surface area contributed by atoms with Crippen LogP contribution in [0.5, 0.6) is 11.5 Å². The number of ether oxygens (including phenoxy) is 2. The largest absolute Gasteiger partial charge is 0.497 e. The summed E-state index contributed by atoms with van der Waals surface area (Å²) in [5, 5.41) is 0.868. The Hall–Kier alpha value is -3.64. The second-order valence-electron chi connectivity index (χ2n) is 8.25. The number of aromatic nitrogens is 2. The van der Waals surface area contributed by atoms with Crippen molar-refractivity contribution in [1.29, 1.82) is 0 Å². The summed E-state index contributed by atoms with van der Waals surface area (Å²) >= 11 is 0. The topological polar surface area (TPSA) is 50.7 Å². The fourth-order valence-corrected chi connectivity index (χ4v) is 4.33. The highest BCUT2D eigenvalue weighted by molar-refractivity contribution is 5.87. The Balaban J connectivity index is 1.28. The minimum absolute atomic E-state index is 0.692. The van der Waals surface area contributed by atoms with Crippen LogP contribution in [0.2, 0.25) is 0 Å². The molecule has 1 aliphatic rings. The number of anilines is 1. The van der Waals surface area contributed by atoms with E-state index >= 15 is 0 Å². The standard InChI is InChI=1S/C27H28N4O2/c1-32-23-16-25-24(26(17-23)33-2)18-28-27(29-25)21-8-10-22(11-9-21)31-14-12-30(13-15-31)19-20-6-4-3-5-7-20/h3-11,16-18H,12-15,19H2,1-2H3. The second-order valence-corrected chi connectivity index (χ2v) is 8.25. The van der Waals surface area contributed by atoms with Crippen LogP contribution in [0.1, 0.15) is 5.56 Å². The van der Waals surface area contributed by atoms with Crippen LogP contribution in [0.25, 0.3) is 22.3 Å². The number of rotatable bonds is 6. The van der Waals surface area contributed by atoms with Gasteiger partial charge in [0.15, 0.2) is 5.82 Å². The first-order valence-corrected chi connectivity index (χ1v) is 11.2. The van der Waals surface area contributed by atoms with E-state index in [2.05, 4.69) is 69.4 Å². The van der Waals surface area contributed by atoms with Gasteiger partial charge in [0, 0.05) is 62.3 Å². The van der Waals surface area contributed by atoms with Crippen molar-refractivity contribution >= 4 is 16.6 Å². The molecule has 1 aliphatic heterocycles. The Morgan fingerprint density at radius 3 is 2.30 bits per heavy atom. The molecule has 3 aromatic carbocycles. The summed E-state index contributed by atoms with van der Waals surface area (Å²) in [5.41, 5.74) is 4.41. The third-order valence-electron chi connectivity index (χ3n) is 6.20. The number of piperazine rings is 1. The Labute approximate surface area is 194 Å². The number of hydrogen-bond donors (Lipinski definition) is 0. The van der Waals surface area contributed by atoms with Gasteiger partial charge in [-0.15, -0.1) is 0 Å². The predicted octanol–water partition coefficient (Wildman–Crippen LogP) is 4.64. The van der Waals surface area contributed by atoms with Crippen molar-refractivity contribution < 1.29 is 9.47 Å². The first-order chi connectivity index (χ1) is 16.2. The van der Waals surface area contributed by atoms with Gasteiger partial charge in [-0.2, -0.15) is 0 Å². The SMILES string of the molecule is COc1cc(OC)c2cnc(-c3ccc(N4CCN(Cc5ccccc5)CC4)cc3)nc2c1. The molecule has 0 unspecified atom stereocenters. The molecule has 0 saturated carbocycles. The lowest BCUT2D eigenvalue weighted by atomic mass is 10.1. The molecule has 0 atom stereocenters. The van der Waals surface area contributed by atoms with Crippen LogP contribution < -0.4 is 14.4 Å². The van der Waals surface area contributed by atoms with E-state index in [1.165, 1.54) is 11.3 Å². The third kappa shape index (κ3) is 4.61. The molecule has 4 aromatic rings. The normalized spacial score (nSPS) is 14.4. The van der Waals surface area contributed by atoms with E-state index in [0.717, 1.165) is 49.2 Å². The van der Waals surface area contributed by atoms with Gasteiger partial charge in [0.2, 0.25) is 0 Å². The maximum atomic E-state index is 5.47. The second kappa shape index (κ2) is 9.46. The average Bonchev–Trinajstić information content (AvgIpc) is 2.89. The van der Waals surface area contributed by atoms with E-state index < -0.39 is 0 Å². The van der Waals surface area contributed by atoms with Crippen LogP contribution in [0.3, 0.4) is 0 Å². The molecule has 0 spiro atoms. The van der Waals surface area contributed by atoms with Crippen molar-refractivity contribution in [2.24, 2.45) is 0 Å². The van der Waals surface area contributed by atoms with Gasteiger partial charge in [-0.1, -0.05) is 30.3 Å². The van der Waals surface area contributed by atoms with Crippen molar-refractivity contribution in [2.75, 3.05) is 45.3 Å². The Morgan fingerprint density at radius 2 is 1.61 bits per heavy atom. The number of benzene rings is 3. The summed E-state index contributed by atoms with van der Waals surface area (Å²) in [4.78, 5) is 14.3. The number of hydrogen-bond acceptors (Lipinski definition) is 6. The third-order valence-corrected chi connectivity index (χ3v) is 6.20. The van der Waals surface area contributed by atoms with E-state index in [1.54, 1.807) is 14.2 Å². The van der Waals surface area contributed by atoms with Crippen LogP contribution in [0, 0.1) is 0 Å². The summed E-state index contributed by atoms with van der Waals surface area (Å²) < 4.78 is 10.9. The molecular weight excluding hydrogens is 412 g/mol. The van der Waals surface area contributed by atoms with Gasteiger partial charge < -0.3 is 14.4 Å². The van der Waals surface area contributed by atoms with E-state index in [-0.39, 0.29) is 0 Å². The number of nitrogens with zero attached hydrogens (tertiary/aromatic N) is 4. The van der Waals surface area contributed by atoms with Crippen molar-refractivity contribution in [2.45, 2.75) is 6.54 Å². The molecule has 0 N–H and O–H groups in total. The summed E-state index contributed by atoms with van der Waals surface area (Å²) in [7, 11) is 3.28. The highest BCUT2D eigenvalue weighted by Crippen LogP contribution is 2.31. The molecule has 1 saturated heterocycles. The summed E-state index contributed by atoms with van der Waals surface area (Å²) in [6, 6.07) is 23.0. The van der Waals surface area contributed by atoms with Crippen LogP contribution in [0.4, 0.5) is 5.69 Å². The Kier molecular flexibility index (Phi) is 6.09. The zero-order valence-electron chi connectivity index (χ0n) is 19.1. The smallest absolute Gasteiger partial charge is 0.159 e. The fraction of sp³-hybridized carbons (Fsp3) is 0.259. The molecule has 1 aromatic heterocycles. The lowest BCUT2D eigenvalue weighted by Gasteiger charge is -2.36. The molecule has 0 aliphatic carbocycles. The van der Waals surface area contributed by atoms with Gasteiger partial charge >= 0.3 is 0 Å². The van der Waals surface area contributed by atoms with Crippen LogP contribution >= 0.6 is 0 Å². The number of methoxy groups -OCH3 is 2. The van der Waals surface area contributed by atoms with Crippen molar-refractivity contribution in [3.63, 3.8) is 0 Å². The lowest BCUT2D eigenvalue weighted by molar-refractivity contribution is 0.250. The Bertz CT molecular complexity index is 1220. The molecule has 168 valence electrons. The monoisotopic (exact) mass is 440 g/mol. The predicted molar refractivity (Wildman–Crippen MR) is 132 cm³/mol. The highest BCUT2D eigenvalue weighted by atomic mass is 16.5. The van der Waals surface area contributed by atoms with Crippen molar-refractivity contribution in [1.82, 2.24) is 14.9 Å². The zero-order chi connectivity index (χ0) is 22.6. The van der Waals surface area contributed by atoms with Gasteiger partial charge in [0.25, 0.3) is 0 Å². The maximum absolute atomic E-state index is 5.47. The maximum Gasteiger partial charge on any atom is 0.159 e. The van der Waals surface area contributed by atoms with Crippen LogP contribution in [-0.4, -0.2) is 55.3 Å². The van der Waals surface area contributed by atoms with Gasteiger partial charge in [0.1, 0.15) is 11.5 Å². The first kappa shape index (κ1) is 21.2. The molecule has 5 rings (SSSR count). The van der Waals surface area contributed by atoms with E-state index in [1.807, 2.05) is 18.3 Å². The summed E-state index contributed by atoms with van der Waals surface area (Å²) in [5.74, 6) is 2.11. The van der Waals surface area contributed by atoms with Crippen LogP contribution in [-0.2, 0) is 6.54 Å². The highest BCUT2D eigenvalue weighted by Gasteiger charge is 2.17. The van der Waals surface area contributed by atoms with Gasteiger partial charge in [0.05, 0.1) is 25.1 Å². The van der Waals surface area contributed by atoms with E-state index in [9.17, 15) is 0 Å². The molecular formula is C27H28N4O2. The first-order valence-electron chi connectivity index (χ1n) is 11.2. The molecule has 0 radical (unpaired) electrons. The van der Waals surface area contributed by atoms with Crippen molar-refractivity contribution in [3.8, 4) is 22.9 Å². The quantitative estimate of drug-likeness (QED) is 0.436. The zero-order valence-corrected chi connectivity index (χ0v) is 19.1. The van der Waals surface area contributed by atoms with Gasteiger partial charge in [-0.05, 0) is 29.8 Å². The fourth-order valence-electron chi connectivity index (χ4n) is 4.33. The summed E-state index contributed by atoms with van der Waals surface area (Å²) in [6.07, 6.45) is 1.82. The minimum atomic E-state index is 0.692. The molecule has 1 fully saturated rings. The molecule has 2 heterocycles. The van der Waals surface area contributed by atoms with Gasteiger partial charge in [-0.3, -0.25) is 4.90 Å². The van der Waals surface area contributed by atoms with E-state index in [4.69, 9.17) is 14.5 Å².